The molecule has 38 heavy (non-hydrogen) atoms. The van der Waals surface area contributed by atoms with Crippen LogP contribution < -0.4 is 16.0 Å². The van der Waals surface area contributed by atoms with Crippen LogP contribution in [-0.2, 0) is 6.42 Å². The van der Waals surface area contributed by atoms with E-state index in [9.17, 15) is 9.59 Å². The predicted molar refractivity (Wildman–Crippen MR) is 137 cm³/mol. The fourth-order valence-electron chi connectivity index (χ4n) is 4.54. The number of tetrazole rings is 1. The van der Waals surface area contributed by atoms with Crippen LogP contribution in [0.1, 0.15) is 24.1 Å². The second-order valence-corrected chi connectivity index (χ2v) is 9.28. The van der Waals surface area contributed by atoms with E-state index < -0.39 is 6.09 Å². The number of nitrogens with one attached hydrogen (secondary N) is 1. The van der Waals surface area contributed by atoms with Gasteiger partial charge in [-0.25, -0.2) is 14.8 Å². The van der Waals surface area contributed by atoms with Crippen molar-refractivity contribution in [3.05, 3.63) is 87.0 Å². The maximum atomic E-state index is 13.4. The van der Waals surface area contributed by atoms with Crippen LogP contribution >= 0.6 is 23.2 Å². The number of aryl methyl sites for hydroxylation is 1. The minimum absolute atomic E-state index is 0.239. The Kier molecular flexibility index (Phi) is 5.89. The van der Waals surface area contributed by atoms with Crippen LogP contribution in [0.2, 0.25) is 10.2 Å². The fraction of sp³-hybridized carbons (Fsp3) is 0.125. The number of carbonyl (C=O) groups excluding carboxylic acids is 1. The van der Waals surface area contributed by atoms with Gasteiger partial charge in [-0.15, -0.1) is 5.10 Å². The molecule has 0 bridgehead atoms. The highest BCUT2D eigenvalue weighted by Crippen LogP contribution is 2.35. The zero-order valence-electron chi connectivity index (χ0n) is 19.4. The Hall–Kier alpha value is -4.55. The standard InChI is InChI=1S/C24H17Cl2N9O3/c25-13-3-6-17(34-11-28-32-33-34)15(9-13)16-10-20(36)35-18(7-8-19(35)29-16)23-30-21(22(26)31-23)12-1-4-14(5-2-12)38-24(27)37/h1-6,9-11,18H,7-8H2,(H2,27,37)(H,30,31)/t18-/m0/s1. The number of halogens is 2. The number of hydrogen-bond acceptors (Lipinski definition) is 8. The molecular weight excluding hydrogens is 533 g/mol. The number of nitrogens with two attached hydrogens (primary N) is 1. The predicted octanol–water partition coefficient (Wildman–Crippen LogP) is 3.58. The number of carbonyl (C=O) groups is 1. The zero-order chi connectivity index (χ0) is 26.4. The summed E-state index contributed by atoms with van der Waals surface area (Å²) in [4.78, 5) is 36.9. The molecule has 0 saturated heterocycles. The van der Waals surface area contributed by atoms with Crippen molar-refractivity contribution in [3.63, 3.8) is 0 Å². The molecule has 0 fully saturated rings. The third-order valence-electron chi connectivity index (χ3n) is 6.15. The summed E-state index contributed by atoms with van der Waals surface area (Å²) in [5.74, 6) is 1.45. The molecule has 5 aromatic rings. The average molecular weight is 550 g/mol. The Morgan fingerprint density at radius 3 is 2.66 bits per heavy atom. The van der Waals surface area contributed by atoms with E-state index in [1.165, 1.54) is 17.1 Å². The van der Waals surface area contributed by atoms with Gasteiger partial charge in [-0.3, -0.25) is 9.36 Å². The molecule has 14 heteroatoms. The zero-order valence-corrected chi connectivity index (χ0v) is 20.9. The molecule has 1 aliphatic heterocycles. The highest BCUT2D eigenvalue weighted by Gasteiger charge is 2.30. The first-order valence-electron chi connectivity index (χ1n) is 11.4. The van der Waals surface area contributed by atoms with Gasteiger partial charge in [-0.05, 0) is 59.3 Å². The van der Waals surface area contributed by atoms with Crippen LogP contribution in [-0.4, -0.2) is 45.8 Å². The molecule has 0 saturated carbocycles. The SMILES string of the molecule is NC(=O)Oc1ccc(-c2nc([C@@H]3CCc4nc(-c5cc(Cl)ccc5-n5cnnn5)cc(=O)n43)[nH]c2Cl)cc1. The van der Waals surface area contributed by atoms with Crippen molar-refractivity contribution in [2.45, 2.75) is 18.9 Å². The number of hydrogen-bond donors (Lipinski definition) is 2. The lowest BCUT2D eigenvalue weighted by molar-refractivity contribution is 0.211. The monoisotopic (exact) mass is 549 g/mol. The molecule has 2 aromatic carbocycles. The summed E-state index contributed by atoms with van der Waals surface area (Å²) in [6.45, 7) is 0. The van der Waals surface area contributed by atoms with Gasteiger partial charge in [0.15, 0.2) is 0 Å². The van der Waals surface area contributed by atoms with Crippen LogP contribution in [0.5, 0.6) is 5.75 Å². The van der Waals surface area contributed by atoms with Gasteiger partial charge in [-0.1, -0.05) is 23.2 Å². The summed E-state index contributed by atoms with van der Waals surface area (Å²) in [6.07, 6.45) is 1.72. The molecule has 190 valence electrons. The summed E-state index contributed by atoms with van der Waals surface area (Å²) < 4.78 is 7.97. The van der Waals surface area contributed by atoms with Gasteiger partial charge < -0.3 is 15.5 Å². The van der Waals surface area contributed by atoms with Crippen molar-refractivity contribution < 1.29 is 9.53 Å². The smallest absolute Gasteiger partial charge is 0.409 e. The highest BCUT2D eigenvalue weighted by atomic mass is 35.5. The Balaban J connectivity index is 1.35. The van der Waals surface area contributed by atoms with Crippen molar-refractivity contribution in [3.8, 4) is 34.0 Å². The van der Waals surface area contributed by atoms with E-state index in [1.807, 2.05) is 0 Å². The number of ether oxygens (including phenoxy) is 1. The molecule has 3 N–H and O–H groups in total. The van der Waals surface area contributed by atoms with Crippen molar-refractivity contribution in [1.82, 2.24) is 39.7 Å². The first kappa shape index (κ1) is 23.8. The Morgan fingerprint density at radius 1 is 1.11 bits per heavy atom. The van der Waals surface area contributed by atoms with Crippen LogP contribution in [0, 0.1) is 0 Å². The van der Waals surface area contributed by atoms with E-state index in [-0.39, 0.29) is 11.6 Å². The number of benzene rings is 2. The molecule has 0 aliphatic carbocycles. The highest BCUT2D eigenvalue weighted by molar-refractivity contribution is 6.32. The van der Waals surface area contributed by atoms with Crippen LogP contribution in [0.3, 0.4) is 0 Å². The lowest BCUT2D eigenvalue weighted by Gasteiger charge is -2.14. The molecule has 0 unspecified atom stereocenters. The minimum Gasteiger partial charge on any atom is -0.411 e. The first-order valence-corrected chi connectivity index (χ1v) is 12.1. The summed E-state index contributed by atoms with van der Waals surface area (Å²) >= 11 is 12.7. The quantitative estimate of drug-likeness (QED) is 0.336. The van der Waals surface area contributed by atoms with E-state index >= 15 is 0 Å². The second kappa shape index (κ2) is 9.39. The normalized spacial score (nSPS) is 14.4. The third kappa shape index (κ3) is 4.29. The van der Waals surface area contributed by atoms with Gasteiger partial charge in [0, 0.05) is 28.6 Å². The van der Waals surface area contributed by atoms with Gasteiger partial charge in [0.1, 0.15) is 34.6 Å². The number of H-pyrrole nitrogens is 1. The molecular formula is C24H17Cl2N9O3. The molecule has 12 nitrogen and oxygen atoms in total. The number of primary amides is 1. The molecule has 1 atom stereocenters. The Bertz CT molecular complexity index is 1730. The lowest BCUT2D eigenvalue weighted by atomic mass is 10.1. The number of nitrogens with zero attached hydrogens (tertiary/aromatic N) is 7. The Morgan fingerprint density at radius 2 is 1.92 bits per heavy atom. The maximum Gasteiger partial charge on any atom is 0.409 e. The third-order valence-corrected chi connectivity index (χ3v) is 6.66. The molecule has 0 radical (unpaired) electrons. The van der Waals surface area contributed by atoms with Gasteiger partial charge in [-0.2, -0.15) is 4.68 Å². The molecule has 3 aromatic heterocycles. The number of aromatic nitrogens is 8. The number of amides is 1. The summed E-state index contributed by atoms with van der Waals surface area (Å²) in [7, 11) is 0. The molecule has 0 spiro atoms. The summed E-state index contributed by atoms with van der Waals surface area (Å²) in [5, 5.41) is 12.1. The van der Waals surface area contributed by atoms with Crippen LogP contribution in [0.4, 0.5) is 4.79 Å². The van der Waals surface area contributed by atoms with E-state index in [4.69, 9.17) is 38.7 Å². The summed E-state index contributed by atoms with van der Waals surface area (Å²) in [6, 6.07) is 12.9. The van der Waals surface area contributed by atoms with E-state index in [1.54, 1.807) is 47.0 Å². The Labute approximate surface area is 224 Å². The average Bonchev–Trinajstić information content (AvgIpc) is 3.64. The number of rotatable bonds is 5. The van der Waals surface area contributed by atoms with Gasteiger partial charge in [0.2, 0.25) is 0 Å². The van der Waals surface area contributed by atoms with Gasteiger partial charge >= 0.3 is 6.09 Å². The maximum absolute atomic E-state index is 13.4. The van der Waals surface area contributed by atoms with Gasteiger partial charge in [0.25, 0.3) is 5.56 Å². The number of fused-ring (bicyclic) bond motifs is 1. The van der Waals surface area contributed by atoms with Crippen molar-refractivity contribution >= 4 is 29.3 Å². The molecule has 6 rings (SSSR count). The van der Waals surface area contributed by atoms with Crippen molar-refractivity contribution in [1.29, 1.82) is 0 Å². The minimum atomic E-state index is -0.901. The topological polar surface area (TPSA) is 159 Å². The first-order chi connectivity index (χ1) is 18.4. The summed E-state index contributed by atoms with van der Waals surface area (Å²) in [5.41, 5.74) is 7.75. The van der Waals surface area contributed by atoms with Gasteiger partial charge in [0.05, 0.1) is 17.4 Å². The molecule has 1 aliphatic rings. The van der Waals surface area contributed by atoms with Crippen molar-refractivity contribution in [2.75, 3.05) is 0 Å². The fourth-order valence-corrected chi connectivity index (χ4v) is 4.96. The van der Waals surface area contributed by atoms with Crippen LogP contribution in [0.15, 0.2) is 59.7 Å². The van der Waals surface area contributed by atoms with E-state index in [0.717, 1.165) is 0 Å². The lowest BCUT2D eigenvalue weighted by Crippen LogP contribution is -2.25. The largest absolute Gasteiger partial charge is 0.411 e. The second-order valence-electron chi connectivity index (χ2n) is 8.47. The van der Waals surface area contributed by atoms with Crippen LogP contribution in [0.25, 0.3) is 28.2 Å². The number of aromatic amines is 1. The molecule has 1 amide bonds. The van der Waals surface area contributed by atoms with Crippen molar-refractivity contribution in [2.24, 2.45) is 5.73 Å². The number of imidazole rings is 1. The molecule has 4 heterocycles. The van der Waals surface area contributed by atoms with E-state index in [0.29, 0.717) is 68.6 Å². The van der Waals surface area contributed by atoms with E-state index in [2.05, 4.69) is 25.5 Å².